The molecule has 45 heavy (non-hydrogen) atoms. The Balaban J connectivity index is 1.24. The van der Waals surface area contributed by atoms with Gasteiger partial charge in [-0.15, -0.1) is 0 Å². The second-order valence-electron chi connectivity index (χ2n) is 11.4. The van der Waals surface area contributed by atoms with E-state index in [0.717, 1.165) is 36.0 Å². The Labute approximate surface area is 264 Å². The van der Waals surface area contributed by atoms with E-state index in [4.69, 9.17) is 16.3 Å². The molecule has 1 aliphatic heterocycles. The summed E-state index contributed by atoms with van der Waals surface area (Å²) >= 11 is 6.29. The van der Waals surface area contributed by atoms with E-state index < -0.39 is 17.4 Å². The monoisotopic (exact) mass is 625 g/mol. The van der Waals surface area contributed by atoms with Crippen LogP contribution in [0.2, 0.25) is 5.02 Å². The van der Waals surface area contributed by atoms with E-state index in [0.29, 0.717) is 41.1 Å². The van der Waals surface area contributed by atoms with Crippen LogP contribution in [0.4, 0.5) is 0 Å². The fourth-order valence-electron chi connectivity index (χ4n) is 5.60. The molecular weight excluding hydrogens is 594 g/mol. The molecule has 1 aliphatic rings. The lowest BCUT2D eigenvalue weighted by molar-refractivity contribution is -0.144. The highest BCUT2D eigenvalue weighted by molar-refractivity contribution is 6.31. The fourth-order valence-corrected chi connectivity index (χ4v) is 5.77. The predicted octanol–water partition coefficient (Wildman–Crippen LogP) is 5.31. The number of ether oxygens (including phenoxy) is 1. The molecular formula is C34H32ClN5O5. The lowest BCUT2D eigenvalue weighted by Gasteiger charge is -2.26. The fraction of sp³-hybridized carbons (Fsp3) is 0.265. The number of halogens is 1. The highest BCUT2D eigenvalue weighted by Crippen LogP contribution is 2.31. The van der Waals surface area contributed by atoms with Crippen LogP contribution in [0.3, 0.4) is 0 Å². The van der Waals surface area contributed by atoms with E-state index >= 15 is 0 Å². The topological polar surface area (TPSA) is 128 Å². The summed E-state index contributed by atoms with van der Waals surface area (Å²) in [6.07, 6.45) is 7.72. The normalized spacial score (nSPS) is 16.3. The number of nitrogens with one attached hydrogen (secondary N) is 1. The van der Waals surface area contributed by atoms with Crippen LogP contribution >= 0.6 is 11.6 Å². The number of aliphatic carboxylic acids is 1. The molecule has 11 heteroatoms. The van der Waals surface area contributed by atoms with E-state index in [9.17, 15) is 19.5 Å². The molecule has 3 aromatic heterocycles. The third-order valence-electron chi connectivity index (χ3n) is 8.16. The predicted molar refractivity (Wildman–Crippen MR) is 169 cm³/mol. The van der Waals surface area contributed by atoms with Gasteiger partial charge in [-0.1, -0.05) is 41.9 Å². The number of benzene rings is 2. The van der Waals surface area contributed by atoms with Crippen LogP contribution in [0.5, 0.6) is 0 Å². The van der Waals surface area contributed by atoms with E-state index in [1.54, 1.807) is 52.0 Å². The summed E-state index contributed by atoms with van der Waals surface area (Å²) in [6, 6.07) is 19.8. The molecule has 0 spiro atoms. The molecule has 2 aromatic carbocycles. The summed E-state index contributed by atoms with van der Waals surface area (Å²) in [4.78, 5) is 42.8. The lowest BCUT2D eigenvalue weighted by atomic mass is 9.91. The summed E-state index contributed by atoms with van der Waals surface area (Å²) in [5, 5.41) is 18.6. The van der Waals surface area contributed by atoms with Gasteiger partial charge in [-0.25, -0.2) is 9.48 Å². The van der Waals surface area contributed by atoms with E-state index in [1.807, 2.05) is 30.3 Å². The maximum absolute atomic E-state index is 13.7. The summed E-state index contributed by atoms with van der Waals surface area (Å²) in [5.74, 6) is -1.90. The summed E-state index contributed by atoms with van der Waals surface area (Å²) in [5.41, 5.74) is 1.93. The van der Waals surface area contributed by atoms with Gasteiger partial charge < -0.3 is 19.7 Å². The number of carboxylic acid groups (broad SMARTS) is 1. The highest BCUT2D eigenvalue weighted by Gasteiger charge is 2.39. The largest absolute Gasteiger partial charge is 0.479 e. The SMILES string of the molecule is CC(NC(=O)c1nn(C2CCCCO2)c2ccc(Cl)cc12)(C(=O)O)c1cncc(Cc2ccc(Cn3ccccc3=O)cc2)c1. The highest BCUT2D eigenvalue weighted by atomic mass is 35.5. The number of hydrogen-bond donors (Lipinski definition) is 2. The van der Waals surface area contributed by atoms with Crippen LogP contribution in [0.1, 0.15) is 65.2 Å². The number of nitrogens with zero attached hydrogens (tertiary/aromatic N) is 4. The number of carbonyl (C=O) groups excluding carboxylic acids is 1. The van der Waals surface area contributed by atoms with Crippen molar-refractivity contribution in [3.05, 3.63) is 129 Å². The van der Waals surface area contributed by atoms with Gasteiger partial charge in [-0.2, -0.15) is 5.10 Å². The van der Waals surface area contributed by atoms with Crippen molar-refractivity contribution in [3.8, 4) is 0 Å². The average Bonchev–Trinajstić information content (AvgIpc) is 3.42. The Kier molecular flexibility index (Phi) is 8.51. The number of aromatic nitrogens is 4. The Morgan fingerprint density at radius 3 is 2.58 bits per heavy atom. The number of hydrogen-bond acceptors (Lipinski definition) is 6. The summed E-state index contributed by atoms with van der Waals surface area (Å²) < 4.78 is 9.24. The molecule has 2 atom stereocenters. The third kappa shape index (κ3) is 6.38. The number of pyridine rings is 2. The lowest BCUT2D eigenvalue weighted by Crippen LogP contribution is -2.49. The van der Waals surface area contributed by atoms with Gasteiger partial charge in [0.05, 0.1) is 12.1 Å². The second-order valence-corrected chi connectivity index (χ2v) is 11.8. The number of fused-ring (bicyclic) bond motifs is 1. The standard InChI is InChI=1S/C34H32ClN5O5/c1-34(33(43)44,37-32(42)31-27-18-26(35)12-13-28(27)40(38-31)30-7-3-5-15-45-30)25-17-24(19-36-20-25)16-22-8-10-23(11-9-22)21-39-14-4-2-6-29(39)41/h2,4,6,8-14,17-20,30H,3,5,7,15-16,21H2,1H3,(H,37,42)(H,43,44). The number of carbonyl (C=O) groups is 2. The molecule has 0 bridgehead atoms. The van der Waals surface area contributed by atoms with Gasteiger partial charge in [-0.05, 0) is 79.6 Å². The van der Waals surface area contributed by atoms with Crippen molar-refractivity contribution in [2.24, 2.45) is 0 Å². The van der Waals surface area contributed by atoms with Crippen molar-refractivity contribution in [1.29, 1.82) is 0 Å². The molecule has 1 saturated heterocycles. The molecule has 0 radical (unpaired) electrons. The minimum atomic E-state index is -1.80. The maximum atomic E-state index is 13.7. The van der Waals surface area contributed by atoms with Gasteiger partial charge in [0.1, 0.15) is 0 Å². The molecule has 4 heterocycles. The van der Waals surface area contributed by atoms with Gasteiger partial charge in [0.2, 0.25) is 0 Å². The van der Waals surface area contributed by atoms with Crippen molar-refractivity contribution in [3.63, 3.8) is 0 Å². The zero-order valence-corrected chi connectivity index (χ0v) is 25.4. The maximum Gasteiger partial charge on any atom is 0.333 e. The summed E-state index contributed by atoms with van der Waals surface area (Å²) in [6.45, 7) is 2.49. The molecule has 0 aliphatic carbocycles. The average molecular weight is 626 g/mol. The second kappa shape index (κ2) is 12.7. The van der Waals surface area contributed by atoms with Gasteiger partial charge in [0.15, 0.2) is 17.5 Å². The van der Waals surface area contributed by atoms with Crippen LogP contribution < -0.4 is 10.9 Å². The zero-order valence-electron chi connectivity index (χ0n) is 24.6. The molecule has 2 unspecified atom stereocenters. The minimum absolute atomic E-state index is 0.0658. The third-order valence-corrected chi connectivity index (χ3v) is 8.39. The quantitative estimate of drug-likeness (QED) is 0.227. The molecule has 0 saturated carbocycles. The first-order valence-electron chi connectivity index (χ1n) is 14.7. The van der Waals surface area contributed by atoms with E-state index in [2.05, 4.69) is 15.4 Å². The smallest absolute Gasteiger partial charge is 0.333 e. The van der Waals surface area contributed by atoms with Crippen LogP contribution in [0.15, 0.2) is 90.1 Å². The molecule has 5 aromatic rings. The van der Waals surface area contributed by atoms with E-state index in [-0.39, 0.29) is 17.5 Å². The van der Waals surface area contributed by atoms with Crippen molar-refractivity contribution in [2.75, 3.05) is 6.61 Å². The van der Waals surface area contributed by atoms with Crippen LogP contribution in [-0.4, -0.2) is 42.9 Å². The minimum Gasteiger partial charge on any atom is -0.479 e. The van der Waals surface area contributed by atoms with Gasteiger partial charge >= 0.3 is 5.97 Å². The summed E-state index contributed by atoms with van der Waals surface area (Å²) in [7, 11) is 0. The number of carboxylic acids is 1. The molecule has 1 amide bonds. The Bertz CT molecular complexity index is 1930. The van der Waals surface area contributed by atoms with Crippen molar-refractivity contribution >= 4 is 34.4 Å². The number of rotatable bonds is 9. The van der Waals surface area contributed by atoms with Crippen molar-refractivity contribution in [1.82, 2.24) is 24.6 Å². The van der Waals surface area contributed by atoms with Crippen molar-refractivity contribution < 1.29 is 19.4 Å². The Hall–Kier alpha value is -4.80. The van der Waals surface area contributed by atoms with Crippen LogP contribution in [-0.2, 0) is 28.0 Å². The molecule has 1 fully saturated rings. The Morgan fingerprint density at radius 1 is 1.04 bits per heavy atom. The first kappa shape index (κ1) is 30.2. The zero-order chi connectivity index (χ0) is 31.6. The van der Waals surface area contributed by atoms with E-state index in [1.165, 1.54) is 19.2 Å². The molecule has 6 rings (SSSR count). The first-order valence-corrected chi connectivity index (χ1v) is 15.1. The van der Waals surface area contributed by atoms with Gasteiger partial charge in [0, 0.05) is 47.2 Å². The Morgan fingerprint density at radius 2 is 1.84 bits per heavy atom. The van der Waals surface area contributed by atoms with Crippen LogP contribution in [0.25, 0.3) is 10.9 Å². The molecule has 230 valence electrons. The van der Waals surface area contributed by atoms with Gasteiger partial charge in [-0.3, -0.25) is 14.6 Å². The first-order chi connectivity index (χ1) is 21.7. The van der Waals surface area contributed by atoms with Crippen LogP contribution in [0, 0.1) is 0 Å². The van der Waals surface area contributed by atoms with Crippen molar-refractivity contribution in [2.45, 2.75) is 50.9 Å². The molecule has 2 N–H and O–H groups in total. The molecule has 10 nitrogen and oxygen atoms in total. The van der Waals surface area contributed by atoms with Gasteiger partial charge in [0.25, 0.3) is 11.5 Å². The number of amides is 1.